The Labute approximate surface area is 187 Å². The van der Waals surface area contributed by atoms with E-state index in [-0.39, 0.29) is 4.90 Å². The number of aryl methyl sites for hydroxylation is 1. The fourth-order valence-electron chi connectivity index (χ4n) is 3.02. The SMILES string of the molecule is CCOc1cccc(S(=O)(=O)C2SC(Nc3cc(NCCOC)nc(C)n3)=NC2C)c1. The number of anilines is 2. The number of hydrogen-bond acceptors (Lipinski definition) is 10. The van der Waals surface area contributed by atoms with E-state index in [1.165, 1.54) is 11.8 Å². The molecular weight excluding hydrogens is 438 g/mol. The van der Waals surface area contributed by atoms with Crippen LogP contribution in [0.4, 0.5) is 11.6 Å². The summed E-state index contributed by atoms with van der Waals surface area (Å²) in [5.41, 5.74) is 0. The molecule has 0 radical (unpaired) electrons. The molecule has 9 nitrogen and oxygen atoms in total. The van der Waals surface area contributed by atoms with Crippen LogP contribution in [0.3, 0.4) is 0 Å². The number of benzene rings is 1. The van der Waals surface area contributed by atoms with Gasteiger partial charge in [-0.3, -0.25) is 4.99 Å². The van der Waals surface area contributed by atoms with Gasteiger partial charge in [0.15, 0.2) is 15.0 Å². The zero-order valence-electron chi connectivity index (χ0n) is 18.0. The first-order chi connectivity index (χ1) is 14.8. The van der Waals surface area contributed by atoms with Crippen LogP contribution in [-0.2, 0) is 14.6 Å². The maximum atomic E-state index is 13.2. The number of methoxy groups -OCH3 is 1. The second-order valence-corrected chi connectivity index (χ2v) is 10.3. The Kier molecular flexibility index (Phi) is 7.74. The van der Waals surface area contributed by atoms with Gasteiger partial charge in [0.05, 0.1) is 24.2 Å². The highest BCUT2D eigenvalue weighted by atomic mass is 32.3. The lowest BCUT2D eigenvalue weighted by Gasteiger charge is -2.15. The predicted octanol–water partition coefficient (Wildman–Crippen LogP) is 2.95. The average molecular weight is 466 g/mol. The highest BCUT2D eigenvalue weighted by molar-refractivity contribution is 8.23. The van der Waals surface area contributed by atoms with Crippen LogP contribution in [0, 0.1) is 6.92 Å². The van der Waals surface area contributed by atoms with Crippen molar-refractivity contribution in [3.05, 3.63) is 36.2 Å². The molecule has 2 atom stereocenters. The molecule has 0 aliphatic carbocycles. The molecule has 0 saturated heterocycles. The van der Waals surface area contributed by atoms with Crippen molar-refractivity contribution in [1.82, 2.24) is 9.97 Å². The van der Waals surface area contributed by atoms with Gasteiger partial charge in [-0.2, -0.15) is 0 Å². The Hall–Kier alpha value is -2.37. The minimum absolute atomic E-state index is 0.224. The molecule has 11 heteroatoms. The van der Waals surface area contributed by atoms with Gasteiger partial charge in [-0.1, -0.05) is 17.8 Å². The molecule has 31 heavy (non-hydrogen) atoms. The number of nitrogens with one attached hydrogen (secondary N) is 2. The largest absolute Gasteiger partial charge is 0.494 e. The summed E-state index contributed by atoms with van der Waals surface area (Å²) in [7, 11) is -1.98. The Bertz CT molecular complexity index is 1050. The summed E-state index contributed by atoms with van der Waals surface area (Å²) in [5.74, 6) is 2.31. The highest BCUT2D eigenvalue weighted by Gasteiger charge is 2.39. The van der Waals surface area contributed by atoms with Crippen molar-refractivity contribution in [3.63, 3.8) is 0 Å². The van der Waals surface area contributed by atoms with E-state index in [0.29, 0.717) is 48.1 Å². The van der Waals surface area contributed by atoms with Crippen molar-refractivity contribution in [1.29, 1.82) is 0 Å². The van der Waals surface area contributed by atoms with Crippen LogP contribution in [0.15, 0.2) is 40.2 Å². The minimum Gasteiger partial charge on any atom is -0.494 e. The number of nitrogens with zero attached hydrogens (tertiary/aromatic N) is 3. The lowest BCUT2D eigenvalue weighted by molar-refractivity contribution is 0.210. The molecule has 3 rings (SSSR count). The molecule has 1 aliphatic rings. The summed E-state index contributed by atoms with van der Waals surface area (Å²) in [5, 5.41) is 6.79. The van der Waals surface area contributed by atoms with E-state index in [9.17, 15) is 8.42 Å². The number of hydrogen-bond donors (Lipinski definition) is 2. The lowest BCUT2D eigenvalue weighted by atomic mass is 10.3. The van der Waals surface area contributed by atoms with Gasteiger partial charge < -0.3 is 20.1 Å². The number of amidine groups is 1. The van der Waals surface area contributed by atoms with Crippen LogP contribution in [0.5, 0.6) is 5.75 Å². The van der Waals surface area contributed by atoms with Gasteiger partial charge in [0.25, 0.3) is 0 Å². The molecule has 1 aliphatic heterocycles. The summed E-state index contributed by atoms with van der Waals surface area (Å²) in [4.78, 5) is 13.4. The van der Waals surface area contributed by atoms with Crippen LogP contribution >= 0.6 is 11.8 Å². The Morgan fingerprint density at radius 2 is 1.97 bits per heavy atom. The number of aliphatic imine (C=N–C) groups is 1. The van der Waals surface area contributed by atoms with Crippen LogP contribution in [0.25, 0.3) is 0 Å². The Morgan fingerprint density at radius 1 is 1.19 bits per heavy atom. The molecule has 2 heterocycles. The summed E-state index contributed by atoms with van der Waals surface area (Å²) < 4.78 is 36.2. The first-order valence-corrected chi connectivity index (χ1v) is 12.3. The van der Waals surface area contributed by atoms with Crippen LogP contribution in [0.1, 0.15) is 19.7 Å². The van der Waals surface area contributed by atoms with Gasteiger partial charge in [-0.15, -0.1) is 0 Å². The van der Waals surface area contributed by atoms with Gasteiger partial charge in [0.2, 0.25) is 0 Å². The molecule has 1 aromatic heterocycles. The van der Waals surface area contributed by atoms with E-state index in [4.69, 9.17) is 9.47 Å². The smallest absolute Gasteiger partial charge is 0.193 e. The third-order valence-corrected chi connectivity index (χ3v) is 8.40. The first-order valence-electron chi connectivity index (χ1n) is 9.90. The molecule has 2 aromatic rings. The normalized spacial score (nSPS) is 18.5. The van der Waals surface area contributed by atoms with E-state index in [0.717, 1.165) is 0 Å². The van der Waals surface area contributed by atoms with Gasteiger partial charge in [0, 0.05) is 19.7 Å². The van der Waals surface area contributed by atoms with Crippen LogP contribution in [0.2, 0.25) is 0 Å². The van der Waals surface area contributed by atoms with E-state index in [1.807, 2.05) is 6.92 Å². The number of sulfone groups is 1. The summed E-state index contributed by atoms with van der Waals surface area (Å²) in [6.45, 7) is 7.07. The van der Waals surface area contributed by atoms with E-state index in [1.54, 1.807) is 51.3 Å². The van der Waals surface area contributed by atoms with Crippen molar-refractivity contribution in [3.8, 4) is 5.75 Å². The molecule has 168 valence electrons. The molecule has 0 bridgehead atoms. The van der Waals surface area contributed by atoms with Gasteiger partial charge in [-0.05, 0) is 39.0 Å². The van der Waals surface area contributed by atoms with E-state index in [2.05, 4.69) is 25.6 Å². The number of aromatic nitrogens is 2. The quantitative estimate of drug-likeness (QED) is 0.539. The molecular formula is C20H27N5O4S2. The summed E-state index contributed by atoms with van der Waals surface area (Å²) in [6.07, 6.45) is 0. The Morgan fingerprint density at radius 3 is 2.71 bits per heavy atom. The maximum Gasteiger partial charge on any atom is 0.193 e. The summed E-state index contributed by atoms with van der Waals surface area (Å²) in [6, 6.07) is 7.90. The van der Waals surface area contributed by atoms with Crippen molar-refractivity contribution >= 4 is 38.4 Å². The topological polar surface area (TPSA) is 115 Å². The van der Waals surface area contributed by atoms with Crippen molar-refractivity contribution in [2.45, 2.75) is 36.3 Å². The van der Waals surface area contributed by atoms with Crippen molar-refractivity contribution in [2.24, 2.45) is 4.99 Å². The lowest BCUT2D eigenvalue weighted by Crippen LogP contribution is -2.25. The zero-order chi connectivity index (χ0) is 22.4. The molecule has 1 aromatic carbocycles. The number of ether oxygens (including phenoxy) is 2. The number of thioether (sulfide) groups is 1. The number of rotatable bonds is 9. The van der Waals surface area contributed by atoms with E-state index >= 15 is 0 Å². The molecule has 2 unspecified atom stereocenters. The minimum atomic E-state index is -3.62. The van der Waals surface area contributed by atoms with Gasteiger partial charge >= 0.3 is 0 Å². The molecule has 2 N–H and O–H groups in total. The third-order valence-electron chi connectivity index (χ3n) is 4.38. The van der Waals surface area contributed by atoms with Crippen LogP contribution < -0.4 is 15.4 Å². The fraction of sp³-hybridized carbons (Fsp3) is 0.450. The molecule has 0 fully saturated rings. The molecule has 0 spiro atoms. The summed E-state index contributed by atoms with van der Waals surface area (Å²) >= 11 is 1.18. The predicted molar refractivity (Wildman–Crippen MR) is 124 cm³/mol. The van der Waals surface area contributed by atoms with E-state index < -0.39 is 20.5 Å². The second kappa shape index (κ2) is 10.3. The van der Waals surface area contributed by atoms with Crippen molar-refractivity contribution < 1.29 is 17.9 Å². The van der Waals surface area contributed by atoms with Crippen LogP contribution in [-0.4, -0.2) is 61.0 Å². The standard InChI is InChI=1S/C20H27N5O4S2/c1-5-29-15-7-6-8-16(11-15)31(26,27)19-13(2)22-20(30-19)25-18-12-17(21-9-10-28-4)23-14(3)24-18/h6-8,11-13,19H,5,9-10H2,1-4H3,(H2,21,22,23,24,25). The Balaban J connectivity index is 1.73. The average Bonchev–Trinajstić information content (AvgIpc) is 3.09. The molecule has 0 amide bonds. The fourth-order valence-corrected chi connectivity index (χ4v) is 6.40. The second-order valence-electron chi connectivity index (χ2n) is 6.84. The highest BCUT2D eigenvalue weighted by Crippen LogP contribution is 2.36. The first kappa shape index (κ1) is 23.3. The van der Waals surface area contributed by atoms with Gasteiger partial charge in [0.1, 0.15) is 27.8 Å². The molecule has 0 saturated carbocycles. The van der Waals surface area contributed by atoms with Gasteiger partial charge in [-0.25, -0.2) is 18.4 Å². The van der Waals surface area contributed by atoms with Crippen molar-refractivity contribution in [2.75, 3.05) is 37.5 Å². The zero-order valence-corrected chi connectivity index (χ0v) is 19.6. The maximum absolute atomic E-state index is 13.2. The monoisotopic (exact) mass is 465 g/mol. The third kappa shape index (κ3) is 5.86.